The Morgan fingerprint density at radius 2 is 1.83 bits per heavy atom. The highest BCUT2D eigenvalue weighted by Gasteiger charge is 2.20. The molecular weight excluding hydrogens is 378 g/mol. The molecule has 0 spiro atoms. The molecule has 0 radical (unpaired) electrons. The first-order valence-corrected chi connectivity index (χ1v) is 9.06. The van der Waals surface area contributed by atoms with Crippen LogP contribution in [0.25, 0.3) is 0 Å². The summed E-state index contributed by atoms with van der Waals surface area (Å²) in [4.78, 5) is 47.4. The molecular formula is C20H23N3O6. The molecule has 3 N–H and O–H groups in total. The molecule has 9 heteroatoms. The number of esters is 1. The van der Waals surface area contributed by atoms with Crippen molar-refractivity contribution in [2.75, 3.05) is 18.5 Å². The van der Waals surface area contributed by atoms with Crippen LogP contribution in [0.5, 0.6) is 0 Å². The van der Waals surface area contributed by atoms with E-state index < -0.39 is 36.3 Å². The minimum absolute atomic E-state index is 0.0538. The average Bonchev–Trinajstić information content (AvgIpc) is 3.25. The fraction of sp³-hybridized carbons (Fsp3) is 0.300. The molecule has 29 heavy (non-hydrogen) atoms. The van der Waals surface area contributed by atoms with Crippen molar-refractivity contribution in [2.45, 2.75) is 26.3 Å². The maximum atomic E-state index is 12.0. The predicted molar refractivity (Wildman–Crippen MR) is 104 cm³/mol. The highest BCUT2D eigenvalue weighted by Crippen LogP contribution is 2.14. The van der Waals surface area contributed by atoms with E-state index in [0.717, 1.165) is 12.0 Å². The zero-order valence-electron chi connectivity index (χ0n) is 16.2. The number of nitrogens with one attached hydrogen (secondary N) is 3. The fourth-order valence-corrected chi connectivity index (χ4v) is 2.37. The predicted octanol–water partition coefficient (Wildman–Crippen LogP) is 1.26. The average molecular weight is 401 g/mol. The van der Waals surface area contributed by atoms with Crippen molar-refractivity contribution in [2.24, 2.45) is 0 Å². The van der Waals surface area contributed by atoms with Gasteiger partial charge in [-0.1, -0.05) is 25.1 Å². The Balaban J connectivity index is 1.70. The van der Waals surface area contributed by atoms with Crippen LogP contribution < -0.4 is 16.0 Å². The van der Waals surface area contributed by atoms with E-state index in [9.17, 15) is 19.2 Å². The molecule has 1 aromatic carbocycles. The first-order valence-electron chi connectivity index (χ1n) is 9.06. The minimum atomic E-state index is -0.978. The smallest absolute Gasteiger partial charge is 0.328 e. The van der Waals surface area contributed by atoms with Gasteiger partial charge in [0.2, 0.25) is 5.91 Å². The van der Waals surface area contributed by atoms with Crippen LogP contribution in [0.2, 0.25) is 0 Å². The molecule has 3 amide bonds. The van der Waals surface area contributed by atoms with Crippen LogP contribution in [0.15, 0.2) is 47.1 Å². The lowest BCUT2D eigenvalue weighted by Crippen LogP contribution is -2.41. The van der Waals surface area contributed by atoms with Gasteiger partial charge in [0, 0.05) is 5.69 Å². The Kier molecular flexibility index (Phi) is 7.96. The van der Waals surface area contributed by atoms with E-state index in [0.29, 0.717) is 5.69 Å². The molecule has 154 valence electrons. The van der Waals surface area contributed by atoms with Gasteiger partial charge in [-0.2, -0.15) is 0 Å². The maximum absolute atomic E-state index is 12.0. The summed E-state index contributed by atoms with van der Waals surface area (Å²) >= 11 is 0. The van der Waals surface area contributed by atoms with Crippen LogP contribution in [-0.4, -0.2) is 42.9 Å². The maximum Gasteiger partial charge on any atom is 0.328 e. The molecule has 2 rings (SSSR count). The molecule has 0 fully saturated rings. The monoisotopic (exact) mass is 401 g/mol. The van der Waals surface area contributed by atoms with Crippen molar-refractivity contribution in [3.63, 3.8) is 0 Å². The normalized spacial score (nSPS) is 11.2. The largest absolute Gasteiger partial charge is 0.459 e. The van der Waals surface area contributed by atoms with E-state index in [1.807, 2.05) is 19.1 Å². The zero-order chi connectivity index (χ0) is 21.2. The van der Waals surface area contributed by atoms with Gasteiger partial charge >= 0.3 is 5.97 Å². The van der Waals surface area contributed by atoms with Crippen molar-refractivity contribution in [3.05, 3.63) is 54.0 Å². The third kappa shape index (κ3) is 6.80. The first-order chi connectivity index (χ1) is 13.9. The van der Waals surface area contributed by atoms with Gasteiger partial charge in [0.25, 0.3) is 11.8 Å². The minimum Gasteiger partial charge on any atom is -0.459 e. The van der Waals surface area contributed by atoms with Crippen LogP contribution in [0, 0.1) is 0 Å². The van der Waals surface area contributed by atoms with Gasteiger partial charge in [-0.25, -0.2) is 4.79 Å². The summed E-state index contributed by atoms with van der Waals surface area (Å²) in [5.41, 5.74) is 1.66. The van der Waals surface area contributed by atoms with Crippen LogP contribution in [-0.2, 0) is 25.5 Å². The van der Waals surface area contributed by atoms with E-state index in [1.54, 1.807) is 18.2 Å². The third-order valence-corrected chi connectivity index (χ3v) is 3.91. The van der Waals surface area contributed by atoms with E-state index in [-0.39, 0.29) is 12.3 Å². The van der Waals surface area contributed by atoms with Crippen molar-refractivity contribution >= 4 is 29.4 Å². The molecule has 0 aliphatic rings. The number of carbonyl (C=O) groups is 4. The van der Waals surface area contributed by atoms with E-state index in [1.165, 1.54) is 19.3 Å². The topological polar surface area (TPSA) is 127 Å². The quantitative estimate of drug-likeness (QED) is 0.543. The van der Waals surface area contributed by atoms with Crippen molar-refractivity contribution < 1.29 is 28.3 Å². The van der Waals surface area contributed by atoms with Gasteiger partial charge in [0.15, 0.2) is 12.4 Å². The molecule has 0 saturated heterocycles. The number of furan rings is 1. The molecule has 0 saturated carbocycles. The fourth-order valence-electron chi connectivity index (χ4n) is 2.37. The number of para-hydroxylation sites is 1. The Labute approximate surface area is 167 Å². The Bertz CT molecular complexity index is 863. The second-order valence-corrected chi connectivity index (χ2v) is 6.12. The van der Waals surface area contributed by atoms with E-state index in [2.05, 4.69) is 16.0 Å². The number of hydrogen-bond acceptors (Lipinski definition) is 6. The van der Waals surface area contributed by atoms with Gasteiger partial charge in [0.1, 0.15) is 6.04 Å². The second-order valence-electron chi connectivity index (χ2n) is 6.12. The number of aryl methyl sites for hydroxylation is 1. The summed E-state index contributed by atoms with van der Waals surface area (Å²) in [5, 5.41) is 7.48. The third-order valence-electron chi connectivity index (χ3n) is 3.91. The summed E-state index contributed by atoms with van der Waals surface area (Å²) in [7, 11) is 0. The summed E-state index contributed by atoms with van der Waals surface area (Å²) < 4.78 is 9.76. The van der Waals surface area contributed by atoms with Gasteiger partial charge in [-0.3, -0.25) is 14.4 Å². The van der Waals surface area contributed by atoms with E-state index in [4.69, 9.17) is 9.15 Å². The Hall–Kier alpha value is -3.62. The van der Waals surface area contributed by atoms with Crippen molar-refractivity contribution in [3.8, 4) is 0 Å². The summed E-state index contributed by atoms with van der Waals surface area (Å²) in [6.07, 6.45) is 2.09. The molecule has 0 aliphatic heterocycles. The highest BCUT2D eigenvalue weighted by atomic mass is 16.5. The first kappa shape index (κ1) is 21.7. The van der Waals surface area contributed by atoms with Gasteiger partial charge in [-0.05, 0) is 37.1 Å². The van der Waals surface area contributed by atoms with Crippen LogP contribution in [0.1, 0.15) is 30.0 Å². The highest BCUT2D eigenvalue weighted by molar-refractivity contribution is 5.96. The number of carbonyl (C=O) groups excluding carboxylic acids is 4. The molecule has 1 aromatic heterocycles. The lowest BCUT2D eigenvalue weighted by Gasteiger charge is -2.13. The van der Waals surface area contributed by atoms with Gasteiger partial charge in [-0.15, -0.1) is 0 Å². The number of ether oxygens (including phenoxy) is 1. The zero-order valence-corrected chi connectivity index (χ0v) is 16.2. The molecule has 1 heterocycles. The Morgan fingerprint density at radius 1 is 1.07 bits per heavy atom. The number of rotatable bonds is 9. The molecule has 0 bridgehead atoms. The lowest BCUT2D eigenvalue weighted by atomic mass is 10.1. The summed E-state index contributed by atoms with van der Waals surface area (Å²) in [6.45, 7) is 2.55. The molecule has 0 aliphatic carbocycles. The van der Waals surface area contributed by atoms with Gasteiger partial charge < -0.3 is 25.1 Å². The number of hydrogen-bond donors (Lipinski definition) is 3. The standard InChI is InChI=1S/C20H23N3O6/c1-3-14-7-4-5-8-15(14)23-17(24)11-21-18(25)12-29-20(27)13(2)22-19(26)16-9-6-10-28-16/h4-10,13H,3,11-12H2,1-2H3,(H,21,25)(H,22,26)(H,23,24)/t13-/m0/s1. The molecule has 2 aromatic rings. The molecule has 9 nitrogen and oxygen atoms in total. The number of benzene rings is 1. The van der Waals surface area contributed by atoms with E-state index >= 15 is 0 Å². The number of anilines is 1. The molecule has 1 atom stereocenters. The van der Waals surface area contributed by atoms with Crippen LogP contribution >= 0.6 is 0 Å². The summed E-state index contributed by atoms with van der Waals surface area (Å²) in [6, 6.07) is 9.37. The second kappa shape index (κ2) is 10.6. The van der Waals surface area contributed by atoms with Crippen molar-refractivity contribution in [1.29, 1.82) is 0 Å². The Morgan fingerprint density at radius 3 is 2.52 bits per heavy atom. The summed E-state index contributed by atoms with van der Waals surface area (Å²) in [5.74, 6) is -2.35. The van der Waals surface area contributed by atoms with Crippen molar-refractivity contribution in [1.82, 2.24) is 10.6 Å². The number of amides is 3. The van der Waals surface area contributed by atoms with Crippen LogP contribution in [0.4, 0.5) is 5.69 Å². The van der Waals surface area contributed by atoms with Crippen LogP contribution in [0.3, 0.4) is 0 Å². The molecule has 0 unspecified atom stereocenters. The van der Waals surface area contributed by atoms with Gasteiger partial charge in [0.05, 0.1) is 12.8 Å². The SMILES string of the molecule is CCc1ccccc1NC(=O)CNC(=O)COC(=O)[C@H](C)NC(=O)c1ccco1. The lowest BCUT2D eigenvalue weighted by molar-refractivity contribution is -0.150.